The molecule has 0 bridgehead atoms. The largest absolute Gasteiger partial charge is 0.462 e. The molecule has 0 spiro atoms. The Morgan fingerprint density at radius 3 is 2.48 bits per heavy atom. The SMILES string of the molecule is CCOC(=O)c1cn(Cc2ccc(Cl)c(Cl)c2)c2cc(F)c(F)cc2c1=O. The predicted molar refractivity (Wildman–Crippen MR) is 99.6 cm³/mol. The molecule has 0 atom stereocenters. The Morgan fingerprint density at radius 2 is 1.81 bits per heavy atom. The number of benzene rings is 2. The van der Waals surface area contributed by atoms with Crippen LogP contribution in [0.25, 0.3) is 10.9 Å². The van der Waals surface area contributed by atoms with Crippen molar-refractivity contribution in [1.82, 2.24) is 4.57 Å². The molecule has 0 aliphatic rings. The summed E-state index contributed by atoms with van der Waals surface area (Å²) in [4.78, 5) is 24.7. The first-order chi connectivity index (χ1) is 12.8. The van der Waals surface area contributed by atoms with Crippen LogP contribution in [-0.4, -0.2) is 17.1 Å². The third-order valence-corrected chi connectivity index (χ3v) is 4.69. The van der Waals surface area contributed by atoms with Crippen LogP contribution in [0.1, 0.15) is 22.8 Å². The minimum absolute atomic E-state index is 0.0703. The summed E-state index contributed by atoms with van der Waals surface area (Å²) in [6.07, 6.45) is 1.27. The summed E-state index contributed by atoms with van der Waals surface area (Å²) in [5, 5.41) is 0.562. The molecule has 0 aliphatic heterocycles. The van der Waals surface area contributed by atoms with Crippen LogP contribution in [-0.2, 0) is 11.3 Å². The minimum Gasteiger partial charge on any atom is -0.462 e. The topological polar surface area (TPSA) is 48.3 Å². The van der Waals surface area contributed by atoms with E-state index in [2.05, 4.69) is 0 Å². The molecule has 8 heteroatoms. The van der Waals surface area contributed by atoms with E-state index in [4.69, 9.17) is 27.9 Å². The molecule has 0 aliphatic carbocycles. The molecule has 0 N–H and O–H groups in total. The standard InChI is InChI=1S/C19H13Cl2F2NO3/c1-2-27-19(26)12-9-24(8-10-3-4-13(20)14(21)5-10)17-7-16(23)15(22)6-11(17)18(12)25/h3-7,9H,2,8H2,1H3. The van der Waals surface area contributed by atoms with E-state index in [-0.39, 0.29) is 29.6 Å². The van der Waals surface area contributed by atoms with Crippen LogP contribution in [0.4, 0.5) is 8.78 Å². The third-order valence-electron chi connectivity index (χ3n) is 3.95. The van der Waals surface area contributed by atoms with E-state index in [1.165, 1.54) is 10.8 Å². The normalized spacial score (nSPS) is 11.0. The van der Waals surface area contributed by atoms with E-state index in [0.717, 1.165) is 12.1 Å². The lowest BCUT2D eigenvalue weighted by molar-refractivity contribution is 0.0524. The van der Waals surface area contributed by atoms with Crippen LogP contribution >= 0.6 is 23.2 Å². The maximum Gasteiger partial charge on any atom is 0.343 e. The zero-order chi connectivity index (χ0) is 19.7. The molecule has 1 aromatic heterocycles. The number of carbonyl (C=O) groups is 1. The fraction of sp³-hybridized carbons (Fsp3) is 0.158. The minimum atomic E-state index is -1.18. The first-order valence-electron chi connectivity index (χ1n) is 7.95. The predicted octanol–water partition coefficient (Wildman–Crippen LogP) is 4.81. The second-order valence-electron chi connectivity index (χ2n) is 5.75. The lowest BCUT2D eigenvalue weighted by Crippen LogP contribution is -2.21. The molecule has 0 saturated heterocycles. The molecule has 0 fully saturated rings. The summed E-state index contributed by atoms with van der Waals surface area (Å²) in [5.41, 5.74) is -0.171. The molecular weight excluding hydrogens is 399 g/mol. The van der Waals surface area contributed by atoms with Crippen molar-refractivity contribution in [1.29, 1.82) is 0 Å². The fourth-order valence-electron chi connectivity index (χ4n) is 2.70. The maximum atomic E-state index is 13.8. The Hall–Kier alpha value is -2.44. The highest BCUT2D eigenvalue weighted by atomic mass is 35.5. The number of rotatable bonds is 4. The Labute approximate surface area is 162 Å². The van der Waals surface area contributed by atoms with Gasteiger partial charge in [0.15, 0.2) is 11.6 Å². The molecule has 4 nitrogen and oxygen atoms in total. The monoisotopic (exact) mass is 411 g/mol. The van der Waals surface area contributed by atoms with Crippen molar-refractivity contribution in [2.75, 3.05) is 6.61 Å². The average Bonchev–Trinajstić information content (AvgIpc) is 2.62. The number of esters is 1. The Balaban J connectivity index is 2.23. The van der Waals surface area contributed by atoms with E-state index >= 15 is 0 Å². The zero-order valence-corrected chi connectivity index (χ0v) is 15.6. The van der Waals surface area contributed by atoms with Gasteiger partial charge in [0.05, 0.1) is 22.2 Å². The smallest absolute Gasteiger partial charge is 0.343 e. The molecule has 0 amide bonds. The molecule has 3 rings (SSSR count). The molecule has 140 valence electrons. The zero-order valence-electron chi connectivity index (χ0n) is 14.1. The van der Waals surface area contributed by atoms with Crippen LogP contribution in [0.15, 0.2) is 41.3 Å². The van der Waals surface area contributed by atoms with Crippen molar-refractivity contribution >= 4 is 40.1 Å². The van der Waals surface area contributed by atoms with E-state index in [1.54, 1.807) is 25.1 Å². The van der Waals surface area contributed by atoms with Crippen molar-refractivity contribution in [2.24, 2.45) is 0 Å². The number of halogens is 4. The van der Waals surface area contributed by atoms with Gasteiger partial charge in [-0.15, -0.1) is 0 Å². The van der Waals surface area contributed by atoms with Gasteiger partial charge in [0.25, 0.3) is 0 Å². The fourth-order valence-corrected chi connectivity index (χ4v) is 3.03. The van der Waals surface area contributed by atoms with E-state index in [9.17, 15) is 18.4 Å². The molecular formula is C19H13Cl2F2NO3. The highest BCUT2D eigenvalue weighted by Crippen LogP contribution is 2.24. The molecule has 1 heterocycles. The van der Waals surface area contributed by atoms with Gasteiger partial charge in [-0.05, 0) is 30.7 Å². The lowest BCUT2D eigenvalue weighted by atomic mass is 10.1. The van der Waals surface area contributed by atoms with Gasteiger partial charge in [-0.1, -0.05) is 29.3 Å². The summed E-state index contributed by atoms with van der Waals surface area (Å²) in [7, 11) is 0. The molecule has 0 radical (unpaired) electrons. The summed E-state index contributed by atoms with van der Waals surface area (Å²) >= 11 is 11.9. The number of fused-ring (bicyclic) bond motifs is 1. The first kappa shape index (κ1) is 19.3. The Bertz CT molecular complexity index is 1110. The van der Waals surface area contributed by atoms with Crippen molar-refractivity contribution in [3.8, 4) is 0 Å². The van der Waals surface area contributed by atoms with Crippen molar-refractivity contribution in [3.63, 3.8) is 0 Å². The Morgan fingerprint density at radius 1 is 1.11 bits per heavy atom. The average molecular weight is 412 g/mol. The first-order valence-corrected chi connectivity index (χ1v) is 8.70. The van der Waals surface area contributed by atoms with Gasteiger partial charge in [-0.2, -0.15) is 0 Å². The van der Waals surface area contributed by atoms with Crippen molar-refractivity contribution in [2.45, 2.75) is 13.5 Å². The molecule has 27 heavy (non-hydrogen) atoms. The van der Waals surface area contributed by atoms with Crippen LogP contribution in [0.5, 0.6) is 0 Å². The van der Waals surface area contributed by atoms with Gasteiger partial charge >= 0.3 is 5.97 Å². The van der Waals surface area contributed by atoms with Gasteiger partial charge in [0, 0.05) is 24.2 Å². The van der Waals surface area contributed by atoms with Gasteiger partial charge in [-0.3, -0.25) is 4.79 Å². The summed E-state index contributed by atoms with van der Waals surface area (Å²) in [6.45, 7) is 1.81. The number of aromatic nitrogens is 1. The molecule has 0 saturated carbocycles. The summed E-state index contributed by atoms with van der Waals surface area (Å²) < 4.78 is 33.8. The van der Waals surface area contributed by atoms with Gasteiger partial charge in [-0.25, -0.2) is 13.6 Å². The number of carbonyl (C=O) groups excluding carboxylic acids is 1. The number of nitrogens with zero attached hydrogens (tertiary/aromatic N) is 1. The third kappa shape index (κ3) is 3.82. The number of hydrogen-bond donors (Lipinski definition) is 0. The van der Waals surface area contributed by atoms with Crippen molar-refractivity contribution in [3.05, 3.63) is 79.6 Å². The molecule has 2 aromatic carbocycles. The second kappa shape index (κ2) is 7.66. The maximum absolute atomic E-state index is 13.8. The summed E-state index contributed by atoms with van der Waals surface area (Å²) in [6, 6.07) is 6.59. The van der Waals surface area contributed by atoms with Crippen LogP contribution in [0, 0.1) is 11.6 Å². The van der Waals surface area contributed by atoms with Crippen LogP contribution in [0.3, 0.4) is 0 Å². The van der Waals surface area contributed by atoms with Crippen LogP contribution < -0.4 is 5.43 Å². The van der Waals surface area contributed by atoms with Gasteiger partial charge < -0.3 is 9.30 Å². The number of hydrogen-bond acceptors (Lipinski definition) is 3. The molecule has 0 unspecified atom stereocenters. The van der Waals surface area contributed by atoms with Crippen molar-refractivity contribution < 1.29 is 18.3 Å². The summed E-state index contributed by atoms with van der Waals surface area (Å²) in [5.74, 6) is -3.12. The van der Waals surface area contributed by atoms with E-state index in [0.29, 0.717) is 15.6 Å². The van der Waals surface area contributed by atoms with E-state index in [1.807, 2.05) is 0 Å². The number of pyridine rings is 1. The lowest BCUT2D eigenvalue weighted by Gasteiger charge is -2.14. The quantitative estimate of drug-likeness (QED) is 0.578. The van der Waals surface area contributed by atoms with E-state index < -0.39 is 23.0 Å². The van der Waals surface area contributed by atoms with Gasteiger partial charge in [0.2, 0.25) is 5.43 Å². The number of ether oxygens (including phenoxy) is 1. The second-order valence-corrected chi connectivity index (χ2v) is 6.57. The van der Waals surface area contributed by atoms with Gasteiger partial charge in [0.1, 0.15) is 5.56 Å². The Kier molecular flexibility index (Phi) is 5.48. The van der Waals surface area contributed by atoms with Crippen LogP contribution in [0.2, 0.25) is 10.0 Å². The molecule has 3 aromatic rings. The highest BCUT2D eigenvalue weighted by molar-refractivity contribution is 6.42. The highest BCUT2D eigenvalue weighted by Gasteiger charge is 2.19.